The molecular formula is C59H129N4O3P. The van der Waals surface area contributed by atoms with Crippen molar-refractivity contribution in [3.63, 3.8) is 0 Å². The highest BCUT2D eigenvalue weighted by molar-refractivity contribution is 7.52. The van der Waals surface area contributed by atoms with Gasteiger partial charge in [0, 0.05) is 0 Å². The molecule has 0 aromatic heterocycles. The van der Waals surface area contributed by atoms with Gasteiger partial charge in [-0.25, -0.2) is 0 Å². The lowest BCUT2D eigenvalue weighted by atomic mass is 10.0. The highest BCUT2D eigenvalue weighted by Crippen LogP contribution is 2.43. The largest absolute Gasteiger partial charge is 0.328 e. The smallest absolute Gasteiger partial charge is 0.324 e. The Hall–Kier alpha value is -0.0100. The summed E-state index contributed by atoms with van der Waals surface area (Å²) in [6, 6.07) is 0. The van der Waals surface area contributed by atoms with Crippen LogP contribution in [0.15, 0.2) is 0 Å². The first-order valence-electron chi connectivity index (χ1n) is 30.6. The quantitative estimate of drug-likeness (QED) is 0.0266. The van der Waals surface area contributed by atoms with Gasteiger partial charge in [-0.2, -0.15) is 0 Å². The summed E-state index contributed by atoms with van der Waals surface area (Å²) in [5.41, 5.74) is -0.467. The van der Waals surface area contributed by atoms with Gasteiger partial charge in [-0.1, -0.05) is 291 Å². The van der Waals surface area contributed by atoms with Crippen LogP contribution in [-0.4, -0.2) is 68.8 Å². The van der Waals surface area contributed by atoms with Crippen LogP contribution in [0.2, 0.25) is 0 Å². The summed E-state index contributed by atoms with van der Waals surface area (Å²) in [7, 11) is 0.210. The van der Waals surface area contributed by atoms with Gasteiger partial charge < -0.3 is 31.1 Å². The Labute approximate surface area is 423 Å². The van der Waals surface area contributed by atoms with Crippen molar-refractivity contribution in [3.05, 3.63) is 0 Å². The van der Waals surface area contributed by atoms with Gasteiger partial charge in [-0.05, 0) is 85.5 Å². The average molecular weight is 974 g/mol. The van der Waals surface area contributed by atoms with E-state index >= 15 is 0 Å². The summed E-state index contributed by atoms with van der Waals surface area (Å²) in [4.78, 5) is 17.9. The fraction of sp³-hybridized carbons (Fsp3) is 1.00. The number of nitrogens with one attached hydrogen (secondary N) is 4. The molecule has 0 bridgehead atoms. The molecule has 67 heavy (non-hydrogen) atoms. The zero-order valence-electron chi connectivity index (χ0n) is 47.1. The molecule has 0 radical (unpaired) electrons. The Kier molecular flexibility index (Phi) is 70.2. The summed E-state index contributed by atoms with van der Waals surface area (Å²) < 4.78 is 10.9. The van der Waals surface area contributed by atoms with Gasteiger partial charge in [0.15, 0.2) is 0 Å². The molecule has 0 fully saturated rings. The minimum atomic E-state index is -3.84. The van der Waals surface area contributed by atoms with E-state index in [1.165, 1.54) is 302 Å². The topological polar surface area (TPSA) is 106 Å². The molecule has 8 heteroatoms. The molecule has 1 unspecified atom stereocenters. The van der Waals surface area contributed by atoms with Gasteiger partial charge in [0.1, 0.15) is 0 Å². The van der Waals surface area contributed by atoms with Crippen LogP contribution in [0.4, 0.5) is 0 Å². The van der Waals surface area contributed by atoms with Crippen LogP contribution < -0.4 is 21.3 Å². The van der Waals surface area contributed by atoms with E-state index in [2.05, 4.69) is 42.0 Å². The van der Waals surface area contributed by atoms with Crippen molar-refractivity contribution in [2.24, 2.45) is 0 Å². The standard InChI is InChI=1S/2C22H48N2.C15H33O3P/c2*1-3-4-5-6-7-8-9-10-11-12-13-14-15-16-17-18-21-24-22-19-20-23-2;1-3-4-5-6-7-8-9-10-11-12-13-14-15(2)19(16,17)18/h2*23-24H,3-22H2,1-2H3;15H,3-14H2,1-2H3,(H2,16,17,18). The number of hydrogen-bond donors (Lipinski definition) is 6. The van der Waals surface area contributed by atoms with Crippen molar-refractivity contribution in [2.75, 3.05) is 53.4 Å². The van der Waals surface area contributed by atoms with Crippen LogP contribution >= 0.6 is 7.60 Å². The van der Waals surface area contributed by atoms with Gasteiger partial charge in [0.25, 0.3) is 0 Å². The fourth-order valence-corrected chi connectivity index (χ4v) is 9.42. The fourth-order valence-electron chi connectivity index (χ4n) is 8.90. The van der Waals surface area contributed by atoms with E-state index in [0.717, 1.165) is 25.9 Å². The van der Waals surface area contributed by atoms with Crippen LogP contribution in [0.25, 0.3) is 0 Å². The monoisotopic (exact) mass is 973 g/mol. The molecule has 0 aliphatic rings. The van der Waals surface area contributed by atoms with Gasteiger partial charge in [0.05, 0.1) is 5.66 Å². The van der Waals surface area contributed by atoms with E-state index in [0.29, 0.717) is 6.42 Å². The van der Waals surface area contributed by atoms with E-state index in [1.807, 2.05) is 14.1 Å². The summed E-state index contributed by atoms with van der Waals surface area (Å²) >= 11 is 0. The first kappa shape index (κ1) is 71.2. The maximum Gasteiger partial charge on any atom is 0.328 e. The highest BCUT2D eigenvalue weighted by Gasteiger charge is 2.22. The molecule has 0 rings (SSSR count). The van der Waals surface area contributed by atoms with Crippen LogP contribution in [-0.2, 0) is 4.57 Å². The Morgan fingerprint density at radius 1 is 0.299 bits per heavy atom. The van der Waals surface area contributed by atoms with Gasteiger partial charge in [-0.15, -0.1) is 0 Å². The van der Waals surface area contributed by atoms with Crippen LogP contribution in [0.5, 0.6) is 0 Å². The Balaban J connectivity index is -0.000000925. The predicted octanol–water partition coefficient (Wildman–Crippen LogP) is 18.1. The highest BCUT2D eigenvalue weighted by atomic mass is 31.2. The van der Waals surface area contributed by atoms with Crippen molar-refractivity contribution in [1.29, 1.82) is 0 Å². The molecule has 0 saturated heterocycles. The van der Waals surface area contributed by atoms with Crippen molar-refractivity contribution in [2.45, 2.75) is 329 Å². The Morgan fingerprint density at radius 2 is 0.493 bits per heavy atom. The molecular weight excluding hydrogens is 844 g/mol. The first-order chi connectivity index (χ1) is 32.8. The SMILES string of the molecule is CCCCCCCCCCCCCC(C)P(=O)(O)O.CCCCCCCCCCCCCCCCCCNCCCNC.CCCCCCCCCCCCCCCCCCNCCCNC. The number of hydrogen-bond acceptors (Lipinski definition) is 5. The maximum absolute atomic E-state index is 10.9. The molecule has 0 aliphatic heterocycles. The van der Waals surface area contributed by atoms with E-state index in [9.17, 15) is 4.57 Å². The normalized spacial score (nSPS) is 11.9. The van der Waals surface area contributed by atoms with Gasteiger partial charge in [-0.3, -0.25) is 4.57 Å². The Bertz CT molecular complexity index is 790. The molecule has 0 heterocycles. The Morgan fingerprint density at radius 3 is 0.701 bits per heavy atom. The summed E-state index contributed by atoms with van der Waals surface area (Å²) in [5, 5.41) is 13.4. The minimum absolute atomic E-state index is 0.467. The van der Waals surface area contributed by atoms with Crippen LogP contribution in [0, 0.1) is 0 Å². The molecule has 0 amide bonds. The minimum Gasteiger partial charge on any atom is -0.324 e. The van der Waals surface area contributed by atoms with Crippen molar-refractivity contribution in [1.82, 2.24) is 21.3 Å². The predicted molar refractivity (Wildman–Crippen MR) is 305 cm³/mol. The third-order valence-electron chi connectivity index (χ3n) is 13.8. The third-order valence-corrected chi connectivity index (χ3v) is 15.2. The second-order valence-electron chi connectivity index (χ2n) is 20.8. The molecule has 0 aliphatic carbocycles. The molecule has 1 atom stereocenters. The summed E-state index contributed by atoms with van der Waals surface area (Å²) in [6.07, 6.45) is 63.6. The molecule has 408 valence electrons. The van der Waals surface area contributed by atoms with Crippen LogP contribution in [0.1, 0.15) is 323 Å². The van der Waals surface area contributed by atoms with E-state index in [4.69, 9.17) is 9.79 Å². The average Bonchev–Trinajstić information content (AvgIpc) is 3.32. The molecule has 0 saturated carbocycles. The van der Waals surface area contributed by atoms with Crippen molar-refractivity contribution >= 4 is 7.60 Å². The third kappa shape index (κ3) is 72.6. The molecule has 0 aromatic carbocycles. The lowest BCUT2D eigenvalue weighted by Gasteiger charge is -2.12. The molecule has 7 nitrogen and oxygen atoms in total. The number of unbranched alkanes of at least 4 members (excludes halogenated alkanes) is 40. The lowest BCUT2D eigenvalue weighted by Crippen LogP contribution is -2.20. The van der Waals surface area contributed by atoms with Crippen molar-refractivity contribution < 1.29 is 14.4 Å². The van der Waals surface area contributed by atoms with Gasteiger partial charge in [0.2, 0.25) is 0 Å². The number of rotatable bonds is 55. The molecule has 6 N–H and O–H groups in total. The summed E-state index contributed by atoms with van der Waals surface area (Å²) in [5.74, 6) is 0. The van der Waals surface area contributed by atoms with Gasteiger partial charge >= 0.3 is 7.60 Å². The second-order valence-corrected chi connectivity index (χ2v) is 22.8. The molecule has 0 spiro atoms. The first-order valence-corrected chi connectivity index (χ1v) is 32.3. The van der Waals surface area contributed by atoms with Crippen LogP contribution in [0.3, 0.4) is 0 Å². The zero-order valence-corrected chi connectivity index (χ0v) is 48.0. The molecule has 0 aromatic rings. The van der Waals surface area contributed by atoms with E-state index < -0.39 is 13.3 Å². The maximum atomic E-state index is 10.9. The zero-order chi connectivity index (χ0) is 49.7. The van der Waals surface area contributed by atoms with Crippen molar-refractivity contribution in [3.8, 4) is 0 Å². The lowest BCUT2D eigenvalue weighted by molar-refractivity contribution is 0.355. The summed E-state index contributed by atoms with van der Waals surface area (Å²) in [6.45, 7) is 15.5. The second kappa shape index (κ2) is 66.0. The van der Waals surface area contributed by atoms with E-state index in [1.54, 1.807) is 6.92 Å². The van der Waals surface area contributed by atoms with E-state index in [-0.39, 0.29) is 0 Å².